The fraction of sp³-hybridized carbons (Fsp3) is 0.500. The molecule has 1 aliphatic heterocycles. The van der Waals surface area contributed by atoms with Crippen LogP contribution in [0.3, 0.4) is 0 Å². The van der Waals surface area contributed by atoms with E-state index in [0.29, 0.717) is 30.9 Å². The molecular weight excluding hydrogens is 332 g/mol. The molecule has 2 aromatic rings. The van der Waals surface area contributed by atoms with Crippen molar-refractivity contribution in [3.63, 3.8) is 0 Å². The third kappa shape index (κ3) is 2.83. The van der Waals surface area contributed by atoms with Gasteiger partial charge in [0.05, 0.1) is 5.69 Å². The molecule has 1 amide bonds. The van der Waals surface area contributed by atoms with E-state index in [2.05, 4.69) is 10.5 Å². The van der Waals surface area contributed by atoms with Crippen LogP contribution >= 0.6 is 0 Å². The molecule has 0 spiro atoms. The summed E-state index contributed by atoms with van der Waals surface area (Å²) in [7, 11) is 0. The molecule has 0 unspecified atom stereocenters. The molecule has 2 heterocycles. The first-order valence-electron chi connectivity index (χ1n) is 8.86. The topological polar surface area (TPSA) is 84.6 Å². The molecule has 26 heavy (non-hydrogen) atoms. The average Bonchev–Trinajstić information content (AvgIpc) is 2.94. The van der Waals surface area contributed by atoms with Gasteiger partial charge in [-0.05, 0) is 64.7 Å². The van der Waals surface area contributed by atoms with E-state index in [-0.39, 0.29) is 5.91 Å². The van der Waals surface area contributed by atoms with Crippen molar-refractivity contribution in [2.24, 2.45) is 0 Å². The number of phenolic OH excluding ortho intramolecular Hbond substituents is 1. The van der Waals surface area contributed by atoms with Crippen LogP contribution in [0, 0.1) is 34.6 Å². The number of nitrogens with one attached hydrogen (secondary N) is 1. The van der Waals surface area contributed by atoms with E-state index in [1.807, 2.05) is 41.5 Å². The van der Waals surface area contributed by atoms with Gasteiger partial charge in [-0.3, -0.25) is 4.79 Å². The van der Waals surface area contributed by atoms with Crippen molar-refractivity contribution in [1.29, 1.82) is 0 Å². The lowest BCUT2D eigenvalue weighted by molar-refractivity contribution is -0.137. The summed E-state index contributed by atoms with van der Waals surface area (Å²) >= 11 is 0. The summed E-state index contributed by atoms with van der Waals surface area (Å²) in [6.07, 6.45) is 1.24. The van der Waals surface area contributed by atoms with E-state index in [9.17, 15) is 9.90 Å². The lowest BCUT2D eigenvalue weighted by atomic mass is 9.86. The molecule has 1 aromatic heterocycles. The van der Waals surface area contributed by atoms with Crippen LogP contribution in [0.4, 0.5) is 0 Å². The predicted molar refractivity (Wildman–Crippen MR) is 97.5 cm³/mol. The van der Waals surface area contributed by atoms with Crippen LogP contribution < -0.4 is 10.1 Å². The SMILES string of the molecule is Cc1noc(C)c1CNC(=O)[C@@]1(C)CCc2c(C)c(O)c(C)c(C)c2O1. The number of aromatic hydroxyl groups is 1. The van der Waals surface area contributed by atoms with Crippen molar-refractivity contribution in [2.75, 3.05) is 0 Å². The Balaban J connectivity index is 1.83. The zero-order chi connectivity index (χ0) is 19.2. The first-order chi connectivity index (χ1) is 12.2. The van der Waals surface area contributed by atoms with Crippen molar-refractivity contribution in [3.8, 4) is 11.5 Å². The molecule has 140 valence electrons. The first-order valence-corrected chi connectivity index (χ1v) is 8.86. The molecule has 3 rings (SSSR count). The van der Waals surface area contributed by atoms with Crippen molar-refractivity contribution in [3.05, 3.63) is 39.3 Å². The van der Waals surface area contributed by atoms with Crippen molar-refractivity contribution >= 4 is 5.91 Å². The lowest BCUT2D eigenvalue weighted by Gasteiger charge is -2.36. The van der Waals surface area contributed by atoms with Crippen LogP contribution in [-0.4, -0.2) is 21.8 Å². The Morgan fingerprint density at radius 3 is 2.50 bits per heavy atom. The predicted octanol–water partition coefficient (Wildman–Crippen LogP) is 3.32. The number of benzene rings is 1. The van der Waals surface area contributed by atoms with Gasteiger partial charge in [0.25, 0.3) is 5.91 Å². The third-order valence-corrected chi connectivity index (χ3v) is 5.61. The van der Waals surface area contributed by atoms with Gasteiger partial charge in [-0.15, -0.1) is 0 Å². The van der Waals surface area contributed by atoms with E-state index < -0.39 is 5.60 Å². The lowest BCUT2D eigenvalue weighted by Crippen LogP contribution is -2.50. The van der Waals surface area contributed by atoms with Crippen LogP contribution in [0.1, 0.15) is 52.6 Å². The first kappa shape index (κ1) is 18.3. The average molecular weight is 358 g/mol. The maximum atomic E-state index is 12.9. The number of nitrogens with zero attached hydrogens (tertiary/aromatic N) is 1. The van der Waals surface area contributed by atoms with Gasteiger partial charge in [-0.25, -0.2) is 0 Å². The van der Waals surface area contributed by atoms with Gasteiger partial charge in [-0.2, -0.15) is 0 Å². The van der Waals surface area contributed by atoms with Crippen LogP contribution in [-0.2, 0) is 17.8 Å². The van der Waals surface area contributed by atoms with Gasteiger partial charge in [-0.1, -0.05) is 5.16 Å². The third-order valence-electron chi connectivity index (χ3n) is 5.61. The Morgan fingerprint density at radius 2 is 1.88 bits per heavy atom. The standard InChI is InChI=1S/C20H26N2O4/c1-10-11(2)18-15(12(3)17(10)23)7-8-20(6,25-18)19(24)21-9-16-13(4)22-26-14(16)5/h23H,7-9H2,1-6H3,(H,21,24)/t20-/m1/s1. The van der Waals surface area contributed by atoms with Crippen LogP contribution in [0.15, 0.2) is 4.52 Å². The second-order valence-electron chi connectivity index (χ2n) is 7.35. The minimum Gasteiger partial charge on any atom is -0.507 e. The number of hydrogen-bond acceptors (Lipinski definition) is 5. The fourth-order valence-electron chi connectivity index (χ4n) is 3.52. The highest BCUT2D eigenvalue weighted by atomic mass is 16.5. The van der Waals surface area contributed by atoms with Crippen LogP contribution in [0.2, 0.25) is 0 Å². The van der Waals surface area contributed by atoms with Gasteiger partial charge in [0.15, 0.2) is 5.60 Å². The minimum atomic E-state index is -0.952. The van der Waals surface area contributed by atoms with Crippen molar-refractivity contribution < 1.29 is 19.2 Å². The summed E-state index contributed by atoms with van der Waals surface area (Å²) in [6, 6.07) is 0. The Kier molecular flexibility index (Phi) is 4.46. The van der Waals surface area contributed by atoms with Gasteiger partial charge >= 0.3 is 0 Å². The number of hydrogen-bond donors (Lipinski definition) is 2. The number of rotatable bonds is 3. The summed E-state index contributed by atoms with van der Waals surface area (Å²) in [5.74, 6) is 1.58. The quantitative estimate of drug-likeness (QED) is 0.879. The molecule has 1 aliphatic rings. The van der Waals surface area contributed by atoms with Crippen LogP contribution in [0.25, 0.3) is 0 Å². The smallest absolute Gasteiger partial charge is 0.264 e. The molecule has 0 fully saturated rings. The summed E-state index contributed by atoms with van der Waals surface area (Å²) in [5.41, 5.74) is 4.22. The molecule has 6 heteroatoms. The maximum absolute atomic E-state index is 12.9. The van der Waals surface area contributed by atoms with Gasteiger partial charge in [0.2, 0.25) is 0 Å². The number of phenols is 1. The van der Waals surface area contributed by atoms with E-state index in [0.717, 1.165) is 39.3 Å². The number of carbonyl (C=O) groups is 1. The maximum Gasteiger partial charge on any atom is 0.264 e. The Labute approximate surface area is 153 Å². The Bertz CT molecular complexity index is 865. The molecule has 2 N–H and O–H groups in total. The zero-order valence-corrected chi connectivity index (χ0v) is 16.2. The van der Waals surface area contributed by atoms with Gasteiger partial charge in [0, 0.05) is 24.1 Å². The monoisotopic (exact) mass is 358 g/mol. The minimum absolute atomic E-state index is 0.161. The molecule has 0 aliphatic carbocycles. The molecule has 0 radical (unpaired) electrons. The number of aromatic nitrogens is 1. The second kappa shape index (κ2) is 6.34. The van der Waals surface area contributed by atoms with E-state index in [1.165, 1.54) is 0 Å². The largest absolute Gasteiger partial charge is 0.507 e. The molecule has 0 saturated carbocycles. The van der Waals surface area contributed by atoms with Gasteiger partial charge in [0.1, 0.15) is 17.3 Å². The fourth-order valence-corrected chi connectivity index (χ4v) is 3.52. The highest BCUT2D eigenvalue weighted by molar-refractivity contribution is 5.85. The molecule has 1 aromatic carbocycles. The molecule has 0 saturated heterocycles. The highest BCUT2D eigenvalue weighted by Crippen LogP contribution is 2.43. The number of carbonyl (C=O) groups excluding carboxylic acids is 1. The molecule has 6 nitrogen and oxygen atoms in total. The van der Waals surface area contributed by atoms with Crippen LogP contribution in [0.5, 0.6) is 11.5 Å². The van der Waals surface area contributed by atoms with E-state index in [1.54, 1.807) is 0 Å². The molecule has 1 atom stereocenters. The summed E-state index contributed by atoms with van der Waals surface area (Å²) in [6.45, 7) is 11.5. The van der Waals surface area contributed by atoms with E-state index >= 15 is 0 Å². The highest BCUT2D eigenvalue weighted by Gasteiger charge is 2.40. The van der Waals surface area contributed by atoms with Crippen molar-refractivity contribution in [1.82, 2.24) is 10.5 Å². The number of amides is 1. The molecular formula is C20H26N2O4. The van der Waals surface area contributed by atoms with Gasteiger partial charge < -0.3 is 19.7 Å². The van der Waals surface area contributed by atoms with Crippen molar-refractivity contribution in [2.45, 2.75) is 66.5 Å². The number of aryl methyl sites for hydroxylation is 2. The number of fused-ring (bicyclic) bond motifs is 1. The second-order valence-corrected chi connectivity index (χ2v) is 7.35. The Morgan fingerprint density at radius 1 is 1.19 bits per heavy atom. The summed E-state index contributed by atoms with van der Waals surface area (Å²) in [4.78, 5) is 12.9. The number of ether oxygens (including phenoxy) is 1. The summed E-state index contributed by atoms with van der Waals surface area (Å²) in [5, 5.41) is 17.1. The normalized spacial score (nSPS) is 19.0. The van der Waals surface area contributed by atoms with E-state index in [4.69, 9.17) is 9.26 Å². The Hall–Kier alpha value is -2.50. The summed E-state index contributed by atoms with van der Waals surface area (Å²) < 4.78 is 11.3. The zero-order valence-electron chi connectivity index (χ0n) is 16.2. The molecule has 0 bridgehead atoms.